The second-order valence-corrected chi connectivity index (χ2v) is 16.3. The van der Waals surface area contributed by atoms with E-state index in [4.69, 9.17) is 23.9 Å². The van der Waals surface area contributed by atoms with Crippen molar-refractivity contribution in [3.05, 3.63) is 71.0 Å². The van der Waals surface area contributed by atoms with E-state index in [0.29, 0.717) is 13.3 Å². The fraction of sp³-hybridized carbons (Fsp3) is 0.321. The first kappa shape index (κ1) is 26.3. The van der Waals surface area contributed by atoms with Gasteiger partial charge < -0.3 is 23.5 Å². The maximum absolute atomic E-state index is 6.41. The van der Waals surface area contributed by atoms with Crippen LogP contribution in [0, 0.1) is 0 Å². The van der Waals surface area contributed by atoms with Crippen molar-refractivity contribution < 1.29 is 18.9 Å². The van der Waals surface area contributed by atoms with Crippen LogP contribution >= 0.6 is 15.9 Å². The van der Waals surface area contributed by atoms with E-state index >= 15 is 0 Å². The molecule has 0 aliphatic carbocycles. The minimum Gasteiger partial charge on any atom is -0.497 e. The van der Waals surface area contributed by atoms with Crippen LogP contribution in [-0.2, 0) is 18.1 Å². The molecular formula is C28H33BrN2O4Si. The molecule has 0 N–H and O–H groups in total. The van der Waals surface area contributed by atoms with E-state index in [2.05, 4.69) is 47.8 Å². The molecule has 0 bridgehead atoms. The number of methoxy groups -OCH3 is 2. The fourth-order valence-corrected chi connectivity index (χ4v) is 5.11. The third-order valence-electron chi connectivity index (χ3n) is 5.96. The SMILES string of the molecule is COc1ccc(COc2c(Br)cnc3c2c(-c2ccccc2OC)cn3COCC[Si](C)(C)C)cc1. The topological polar surface area (TPSA) is 54.7 Å². The summed E-state index contributed by atoms with van der Waals surface area (Å²) in [5.41, 5.74) is 3.80. The van der Waals surface area contributed by atoms with Crippen molar-refractivity contribution in [2.75, 3.05) is 20.8 Å². The van der Waals surface area contributed by atoms with E-state index in [1.54, 1.807) is 20.4 Å². The van der Waals surface area contributed by atoms with Crippen molar-refractivity contribution in [1.82, 2.24) is 9.55 Å². The average molecular weight is 570 g/mol. The van der Waals surface area contributed by atoms with Crippen molar-refractivity contribution in [1.29, 1.82) is 0 Å². The number of rotatable bonds is 11. The molecule has 2 aromatic carbocycles. The highest BCUT2D eigenvalue weighted by molar-refractivity contribution is 9.10. The lowest BCUT2D eigenvalue weighted by Gasteiger charge is -2.15. The average Bonchev–Trinajstić information content (AvgIpc) is 3.24. The highest BCUT2D eigenvalue weighted by Gasteiger charge is 2.21. The molecule has 0 spiro atoms. The van der Waals surface area contributed by atoms with Gasteiger partial charge in [-0.25, -0.2) is 4.98 Å². The Labute approximate surface area is 222 Å². The van der Waals surface area contributed by atoms with Crippen LogP contribution in [0.3, 0.4) is 0 Å². The predicted octanol–water partition coefficient (Wildman–Crippen LogP) is 7.37. The Kier molecular flexibility index (Phi) is 8.38. The summed E-state index contributed by atoms with van der Waals surface area (Å²) in [5.74, 6) is 2.34. The predicted molar refractivity (Wildman–Crippen MR) is 151 cm³/mol. The molecule has 0 saturated carbocycles. The Hall–Kier alpha value is -2.81. The van der Waals surface area contributed by atoms with Crippen molar-refractivity contribution in [3.8, 4) is 28.4 Å². The number of ether oxygens (including phenoxy) is 4. The summed E-state index contributed by atoms with van der Waals surface area (Å²) in [7, 11) is 2.17. The molecule has 2 aromatic heterocycles. The van der Waals surface area contributed by atoms with Gasteiger partial charge in [-0.3, -0.25) is 0 Å². The molecule has 0 saturated heterocycles. The van der Waals surface area contributed by atoms with Gasteiger partial charge in [0.25, 0.3) is 0 Å². The van der Waals surface area contributed by atoms with Gasteiger partial charge in [0.05, 0.1) is 24.1 Å². The molecule has 0 unspecified atom stereocenters. The van der Waals surface area contributed by atoms with Crippen LogP contribution in [0.1, 0.15) is 5.56 Å². The Balaban J connectivity index is 1.74. The van der Waals surface area contributed by atoms with Crippen molar-refractivity contribution in [3.63, 3.8) is 0 Å². The van der Waals surface area contributed by atoms with E-state index in [-0.39, 0.29) is 0 Å². The number of pyridine rings is 1. The van der Waals surface area contributed by atoms with Crippen LogP contribution in [0.15, 0.2) is 65.4 Å². The molecule has 6 nitrogen and oxygen atoms in total. The number of hydrogen-bond acceptors (Lipinski definition) is 5. The monoisotopic (exact) mass is 568 g/mol. The van der Waals surface area contributed by atoms with E-state index < -0.39 is 8.07 Å². The quantitative estimate of drug-likeness (QED) is 0.139. The molecule has 4 rings (SSSR count). The van der Waals surface area contributed by atoms with E-state index in [1.807, 2.05) is 47.0 Å². The summed E-state index contributed by atoms with van der Waals surface area (Å²) < 4.78 is 26.3. The van der Waals surface area contributed by atoms with Gasteiger partial charge in [-0.2, -0.15) is 0 Å². The Morgan fingerprint density at radius 3 is 2.39 bits per heavy atom. The minimum absolute atomic E-state index is 0.408. The molecule has 2 heterocycles. The summed E-state index contributed by atoms with van der Waals surface area (Å²) in [6, 6.07) is 17.0. The van der Waals surface area contributed by atoms with Gasteiger partial charge in [0.2, 0.25) is 0 Å². The number of aromatic nitrogens is 2. The Morgan fingerprint density at radius 1 is 0.944 bits per heavy atom. The minimum atomic E-state index is -1.17. The second-order valence-electron chi connectivity index (χ2n) is 9.83. The van der Waals surface area contributed by atoms with Crippen LogP contribution in [0.2, 0.25) is 25.7 Å². The lowest BCUT2D eigenvalue weighted by atomic mass is 10.0. The molecule has 0 atom stereocenters. The van der Waals surface area contributed by atoms with E-state index in [0.717, 1.165) is 62.1 Å². The normalized spacial score (nSPS) is 11.6. The number of nitrogens with zero attached hydrogens (tertiary/aromatic N) is 2. The zero-order valence-electron chi connectivity index (χ0n) is 21.5. The Bertz CT molecular complexity index is 1320. The summed E-state index contributed by atoms with van der Waals surface area (Å²) in [6.45, 7) is 8.62. The van der Waals surface area contributed by atoms with E-state index in [9.17, 15) is 0 Å². The van der Waals surface area contributed by atoms with Crippen molar-refractivity contribution >= 4 is 35.0 Å². The summed E-state index contributed by atoms with van der Waals surface area (Å²) in [5, 5.41) is 0.913. The van der Waals surface area contributed by atoms with Crippen LogP contribution in [0.4, 0.5) is 0 Å². The molecule has 0 aliphatic heterocycles. The molecule has 0 amide bonds. The molecule has 4 aromatic rings. The maximum Gasteiger partial charge on any atom is 0.147 e. The van der Waals surface area contributed by atoms with Crippen LogP contribution in [-0.4, -0.2) is 38.5 Å². The van der Waals surface area contributed by atoms with Crippen molar-refractivity contribution in [2.45, 2.75) is 39.0 Å². The second kappa shape index (κ2) is 11.5. The molecule has 8 heteroatoms. The summed E-state index contributed by atoms with van der Waals surface area (Å²) in [4.78, 5) is 4.76. The number of para-hydroxylation sites is 1. The number of halogens is 1. The first-order chi connectivity index (χ1) is 17.3. The molecule has 190 valence electrons. The molecule has 0 radical (unpaired) electrons. The third kappa shape index (κ3) is 6.11. The number of benzene rings is 2. The van der Waals surface area contributed by atoms with Gasteiger partial charge in [0, 0.05) is 38.2 Å². The molecular weight excluding hydrogens is 536 g/mol. The highest BCUT2D eigenvalue weighted by atomic mass is 79.9. The zero-order chi connectivity index (χ0) is 25.7. The van der Waals surface area contributed by atoms with Gasteiger partial charge in [-0.15, -0.1) is 0 Å². The van der Waals surface area contributed by atoms with Crippen LogP contribution in [0.25, 0.3) is 22.2 Å². The van der Waals surface area contributed by atoms with Crippen LogP contribution in [0.5, 0.6) is 17.2 Å². The van der Waals surface area contributed by atoms with Gasteiger partial charge in [-0.1, -0.05) is 50.0 Å². The van der Waals surface area contributed by atoms with Crippen molar-refractivity contribution in [2.24, 2.45) is 0 Å². The smallest absolute Gasteiger partial charge is 0.147 e. The molecule has 0 aliphatic rings. The maximum atomic E-state index is 6.41. The number of fused-ring (bicyclic) bond motifs is 1. The first-order valence-electron chi connectivity index (χ1n) is 11.9. The molecule has 0 fully saturated rings. The van der Waals surface area contributed by atoms with Gasteiger partial charge >= 0.3 is 0 Å². The zero-order valence-corrected chi connectivity index (χ0v) is 24.1. The first-order valence-corrected chi connectivity index (χ1v) is 16.4. The van der Waals surface area contributed by atoms with Gasteiger partial charge in [0.1, 0.15) is 36.2 Å². The largest absolute Gasteiger partial charge is 0.497 e. The Morgan fingerprint density at radius 2 is 1.69 bits per heavy atom. The summed E-state index contributed by atoms with van der Waals surface area (Å²) >= 11 is 3.68. The summed E-state index contributed by atoms with van der Waals surface area (Å²) in [6.07, 6.45) is 3.87. The lowest BCUT2D eigenvalue weighted by molar-refractivity contribution is 0.0899. The van der Waals surface area contributed by atoms with E-state index in [1.165, 1.54) is 0 Å². The third-order valence-corrected chi connectivity index (χ3v) is 8.23. The lowest BCUT2D eigenvalue weighted by Crippen LogP contribution is -2.22. The highest BCUT2D eigenvalue weighted by Crippen LogP contribution is 2.43. The van der Waals surface area contributed by atoms with Gasteiger partial charge in [-0.05, 0) is 45.7 Å². The fourth-order valence-electron chi connectivity index (χ4n) is 3.93. The van der Waals surface area contributed by atoms with Crippen LogP contribution < -0.4 is 14.2 Å². The molecule has 36 heavy (non-hydrogen) atoms. The standard InChI is InChI=1S/C28H33BrN2O4Si/c1-32-21-12-10-20(11-13-21)18-35-27-24(29)16-30-28-26(27)23(22-8-6-7-9-25(22)33-2)17-31(28)19-34-14-15-36(3,4)5/h6-13,16-17H,14-15,18-19H2,1-5H3. The number of hydrogen-bond donors (Lipinski definition) is 0. The van der Waals surface area contributed by atoms with Gasteiger partial charge in [0.15, 0.2) is 0 Å².